The molecule has 0 amide bonds. The average molecular weight is 216 g/mol. The number of rotatable bonds is 2. The van der Waals surface area contributed by atoms with Gasteiger partial charge in [0, 0.05) is 6.42 Å². The van der Waals surface area contributed by atoms with Crippen LogP contribution in [0.4, 0.5) is 0 Å². The summed E-state index contributed by atoms with van der Waals surface area (Å²) < 4.78 is 5.78. The molecule has 0 aromatic rings. The molecule has 3 nitrogen and oxygen atoms in total. The Hall–Kier alpha value is -0.120. The van der Waals surface area contributed by atoms with Crippen molar-refractivity contribution >= 4 is 0 Å². The second-order valence-corrected chi connectivity index (χ2v) is 5.76. The summed E-state index contributed by atoms with van der Waals surface area (Å²) in [6.45, 7) is 8.39. The maximum atomic E-state index is 9.84. The van der Waals surface area contributed by atoms with Crippen LogP contribution in [0.2, 0.25) is 0 Å². The minimum absolute atomic E-state index is 0.0933. The summed E-state index contributed by atoms with van der Waals surface area (Å²) in [5.74, 6) is 0. The lowest BCUT2D eigenvalue weighted by Gasteiger charge is -2.39. The molecule has 2 unspecified atom stereocenters. The Morgan fingerprint density at radius 1 is 1.27 bits per heavy atom. The predicted molar refractivity (Wildman–Crippen MR) is 59.7 cm³/mol. The summed E-state index contributed by atoms with van der Waals surface area (Å²) in [6, 6.07) is 0. The lowest BCUT2D eigenvalue weighted by molar-refractivity contribution is -0.177. The van der Waals surface area contributed by atoms with E-state index in [1.807, 2.05) is 6.92 Å². The van der Waals surface area contributed by atoms with Crippen LogP contribution in [0.5, 0.6) is 0 Å². The molecule has 1 aliphatic heterocycles. The molecular weight excluding hydrogens is 192 g/mol. The first kappa shape index (κ1) is 12.9. The van der Waals surface area contributed by atoms with Gasteiger partial charge in [-0.25, -0.2) is 0 Å². The zero-order valence-corrected chi connectivity index (χ0v) is 10.2. The van der Waals surface area contributed by atoms with Crippen molar-refractivity contribution in [2.45, 2.75) is 71.4 Å². The second-order valence-electron chi connectivity index (χ2n) is 5.76. The van der Waals surface area contributed by atoms with Crippen molar-refractivity contribution in [3.8, 4) is 0 Å². The smallest absolute Gasteiger partial charge is 0.106 e. The molecule has 4 atom stereocenters. The molecule has 1 heterocycles. The molecule has 1 rings (SSSR count). The third-order valence-corrected chi connectivity index (χ3v) is 2.92. The Bertz CT molecular complexity index is 198. The topological polar surface area (TPSA) is 49.7 Å². The highest BCUT2D eigenvalue weighted by Crippen LogP contribution is 2.30. The quantitative estimate of drug-likeness (QED) is 0.739. The highest BCUT2D eigenvalue weighted by Gasteiger charge is 2.37. The highest BCUT2D eigenvalue weighted by molar-refractivity contribution is 4.87. The van der Waals surface area contributed by atoms with Gasteiger partial charge < -0.3 is 14.9 Å². The van der Waals surface area contributed by atoms with Crippen LogP contribution in [-0.2, 0) is 4.74 Å². The fourth-order valence-corrected chi connectivity index (χ4v) is 2.08. The molecular formula is C12H24O3. The lowest BCUT2D eigenvalue weighted by atomic mass is 9.84. The Labute approximate surface area is 92.4 Å². The minimum Gasteiger partial charge on any atom is -0.390 e. The van der Waals surface area contributed by atoms with Gasteiger partial charge in [0.2, 0.25) is 0 Å². The van der Waals surface area contributed by atoms with E-state index in [0.717, 1.165) is 12.8 Å². The minimum atomic E-state index is -0.730. The molecule has 0 aromatic carbocycles. The van der Waals surface area contributed by atoms with Crippen LogP contribution in [0, 0.1) is 5.41 Å². The first-order valence-corrected chi connectivity index (χ1v) is 5.85. The van der Waals surface area contributed by atoms with Gasteiger partial charge >= 0.3 is 0 Å². The first-order chi connectivity index (χ1) is 6.83. The standard InChI is InChI=1S/C12H24O3/c1-5-8-6-9(13)11(14)10(15-8)7-12(2,3)4/h8-11,13-14H,5-7H2,1-4H3/t8?,9-,10?,11-/m0/s1. The number of aliphatic hydroxyl groups excluding tert-OH is 2. The molecule has 1 saturated heterocycles. The number of hydrogen-bond donors (Lipinski definition) is 2. The number of aliphatic hydroxyl groups is 2. The molecule has 0 spiro atoms. The monoisotopic (exact) mass is 216 g/mol. The van der Waals surface area contributed by atoms with E-state index in [9.17, 15) is 10.2 Å². The van der Waals surface area contributed by atoms with Gasteiger partial charge in [-0.15, -0.1) is 0 Å². The van der Waals surface area contributed by atoms with E-state index in [1.54, 1.807) is 0 Å². The van der Waals surface area contributed by atoms with Crippen LogP contribution in [0.15, 0.2) is 0 Å². The SMILES string of the molecule is CCC1C[C@H](O)[C@H](O)C(CC(C)(C)C)O1. The summed E-state index contributed by atoms with van der Waals surface area (Å²) in [6.07, 6.45) is 0.738. The molecule has 0 bridgehead atoms. The Morgan fingerprint density at radius 2 is 1.87 bits per heavy atom. The van der Waals surface area contributed by atoms with Crippen LogP contribution < -0.4 is 0 Å². The maximum Gasteiger partial charge on any atom is 0.106 e. The van der Waals surface area contributed by atoms with E-state index in [1.165, 1.54) is 0 Å². The van der Waals surface area contributed by atoms with Crippen LogP contribution in [0.1, 0.15) is 47.0 Å². The van der Waals surface area contributed by atoms with Gasteiger partial charge in [0.15, 0.2) is 0 Å². The summed E-state index contributed by atoms with van der Waals surface area (Å²) in [7, 11) is 0. The molecule has 0 radical (unpaired) electrons. The van der Waals surface area contributed by atoms with Gasteiger partial charge in [0.1, 0.15) is 6.10 Å². The third kappa shape index (κ3) is 3.74. The van der Waals surface area contributed by atoms with Crippen LogP contribution in [-0.4, -0.2) is 34.6 Å². The van der Waals surface area contributed by atoms with Crippen molar-refractivity contribution in [3.63, 3.8) is 0 Å². The largest absolute Gasteiger partial charge is 0.390 e. The fourth-order valence-electron chi connectivity index (χ4n) is 2.08. The van der Waals surface area contributed by atoms with E-state index < -0.39 is 12.2 Å². The first-order valence-electron chi connectivity index (χ1n) is 5.85. The highest BCUT2D eigenvalue weighted by atomic mass is 16.5. The molecule has 1 aliphatic rings. The van der Waals surface area contributed by atoms with Crippen LogP contribution in [0.25, 0.3) is 0 Å². The van der Waals surface area contributed by atoms with Gasteiger partial charge in [-0.05, 0) is 18.3 Å². The molecule has 15 heavy (non-hydrogen) atoms. The van der Waals surface area contributed by atoms with E-state index in [0.29, 0.717) is 6.42 Å². The molecule has 0 aliphatic carbocycles. The van der Waals surface area contributed by atoms with Crippen molar-refractivity contribution in [3.05, 3.63) is 0 Å². The zero-order valence-electron chi connectivity index (χ0n) is 10.2. The Kier molecular flexibility index (Phi) is 4.15. The third-order valence-electron chi connectivity index (χ3n) is 2.92. The fraction of sp³-hybridized carbons (Fsp3) is 1.00. The van der Waals surface area contributed by atoms with E-state index in [2.05, 4.69) is 20.8 Å². The van der Waals surface area contributed by atoms with Gasteiger partial charge in [-0.3, -0.25) is 0 Å². The Morgan fingerprint density at radius 3 is 2.33 bits per heavy atom. The van der Waals surface area contributed by atoms with Crippen molar-refractivity contribution < 1.29 is 14.9 Å². The zero-order chi connectivity index (χ0) is 11.6. The van der Waals surface area contributed by atoms with E-state index in [4.69, 9.17) is 4.74 Å². The molecule has 90 valence electrons. The molecule has 0 aromatic heterocycles. The van der Waals surface area contributed by atoms with Gasteiger partial charge in [-0.2, -0.15) is 0 Å². The van der Waals surface area contributed by atoms with Gasteiger partial charge in [-0.1, -0.05) is 27.7 Å². The normalized spacial score (nSPS) is 38.0. The van der Waals surface area contributed by atoms with Crippen LogP contribution in [0.3, 0.4) is 0 Å². The molecule has 3 heteroatoms. The maximum absolute atomic E-state index is 9.84. The number of ether oxygens (including phenoxy) is 1. The van der Waals surface area contributed by atoms with E-state index in [-0.39, 0.29) is 17.6 Å². The summed E-state index contributed by atoms with van der Waals surface area (Å²) in [5, 5.41) is 19.6. The number of hydrogen-bond acceptors (Lipinski definition) is 3. The van der Waals surface area contributed by atoms with Crippen molar-refractivity contribution in [2.24, 2.45) is 5.41 Å². The summed E-state index contributed by atoms with van der Waals surface area (Å²) >= 11 is 0. The molecule has 1 fully saturated rings. The second kappa shape index (κ2) is 4.81. The van der Waals surface area contributed by atoms with Crippen molar-refractivity contribution in [1.29, 1.82) is 0 Å². The van der Waals surface area contributed by atoms with Gasteiger partial charge in [0.05, 0.1) is 18.3 Å². The van der Waals surface area contributed by atoms with E-state index >= 15 is 0 Å². The van der Waals surface area contributed by atoms with Gasteiger partial charge in [0.25, 0.3) is 0 Å². The molecule has 2 N–H and O–H groups in total. The van der Waals surface area contributed by atoms with Crippen molar-refractivity contribution in [1.82, 2.24) is 0 Å². The average Bonchev–Trinajstić information content (AvgIpc) is 2.10. The summed E-state index contributed by atoms with van der Waals surface area (Å²) in [5.41, 5.74) is 0.112. The predicted octanol–water partition coefficient (Wildman–Crippen LogP) is 1.71. The van der Waals surface area contributed by atoms with Crippen LogP contribution >= 0.6 is 0 Å². The molecule has 0 saturated carbocycles. The lowest BCUT2D eigenvalue weighted by Crippen LogP contribution is -2.49. The summed E-state index contributed by atoms with van der Waals surface area (Å²) in [4.78, 5) is 0. The van der Waals surface area contributed by atoms with Crippen molar-refractivity contribution in [2.75, 3.05) is 0 Å². The Balaban J connectivity index is 2.60.